The van der Waals surface area contributed by atoms with Crippen LogP contribution >= 0.6 is 17.2 Å². The van der Waals surface area contributed by atoms with Crippen molar-refractivity contribution in [3.8, 4) is 56.0 Å². The van der Waals surface area contributed by atoms with Crippen molar-refractivity contribution in [1.29, 1.82) is 0 Å². The molecule has 5 aromatic carbocycles. The summed E-state index contributed by atoms with van der Waals surface area (Å²) >= 11 is 0. The largest absolute Gasteiger partial charge is 0.426 e. The van der Waals surface area contributed by atoms with E-state index in [2.05, 4.69) is 0 Å². The van der Waals surface area contributed by atoms with Crippen molar-refractivity contribution in [1.82, 2.24) is 0 Å². The molecule has 5 aromatic rings. The van der Waals surface area contributed by atoms with Crippen LogP contribution in [0.4, 0.5) is 0 Å². The van der Waals surface area contributed by atoms with Crippen molar-refractivity contribution in [3.05, 3.63) is 121 Å². The second kappa shape index (κ2) is 11.8. The molecule has 8 heteroatoms. The first kappa shape index (κ1) is 26.0. The summed E-state index contributed by atoms with van der Waals surface area (Å²) in [7, 11) is -5.69. The van der Waals surface area contributed by atoms with Gasteiger partial charge in [-0.3, -0.25) is 0 Å². The van der Waals surface area contributed by atoms with E-state index in [1.54, 1.807) is 0 Å². The highest BCUT2D eigenvalue weighted by Crippen LogP contribution is 2.59. The fourth-order valence-corrected chi connectivity index (χ4v) is 5.26. The minimum atomic E-state index is -2.84. The fraction of sp³-hybridized carbons (Fsp3) is 0. The molecule has 0 fully saturated rings. The van der Waals surface area contributed by atoms with Gasteiger partial charge in [-0.25, -0.2) is 0 Å². The summed E-state index contributed by atoms with van der Waals surface area (Å²) in [6.45, 7) is 0. The third-order valence-electron chi connectivity index (χ3n) is 6.00. The Hall–Kier alpha value is -3.60. The van der Waals surface area contributed by atoms with Crippen molar-refractivity contribution < 1.29 is 28.6 Å². The predicted octanol–water partition coefficient (Wildman–Crippen LogP) is 7.54. The smallest absolute Gasteiger partial charge is 0.391 e. The number of hydrogen-bond donors (Lipinski definition) is 4. The molecule has 190 valence electrons. The molecule has 0 aliphatic heterocycles. The van der Waals surface area contributed by atoms with Gasteiger partial charge in [0.15, 0.2) is 0 Å². The maximum absolute atomic E-state index is 10.1. The Labute approximate surface area is 223 Å². The molecule has 0 saturated heterocycles. The van der Waals surface area contributed by atoms with Gasteiger partial charge in [0.1, 0.15) is 11.5 Å². The molecular formula is C30H24O6P2. The summed E-state index contributed by atoms with van der Waals surface area (Å²) in [4.78, 5) is 40.5. The lowest BCUT2D eigenvalue weighted by Crippen LogP contribution is -2.03. The van der Waals surface area contributed by atoms with Crippen LogP contribution in [0.3, 0.4) is 0 Å². The van der Waals surface area contributed by atoms with Gasteiger partial charge in [-0.1, -0.05) is 121 Å². The summed E-state index contributed by atoms with van der Waals surface area (Å²) in [6, 6.07) is 37.8. The molecule has 6 nitrogen and oxygen atoms in total. The lowest BCUT2D eigenvalue weighted by Gasteiger charge is -2.27. The van der Waals surface area contributed by atoms with Gasteiger partial charge in [0.25, 0.3) is 0 Å². The Morgan fingerprint density at radius 1 is 0.342 bits per heavy atom. The van der Waals surface area contributed by atoms with Crippen LogP contribution in [0.5, 0.6) is 11.5 Å². The maximum atomic E-state index is 10.1. The highest BCUT2D eigenvalue weighted by atomic mass is 31.2. The maximum Gasteiger partial charge on any atom is 0.391 e. The van der Waals surface area contributed by atoms with Crippen molar-refractivity contribution in [2.75, 3.05) is 0 Å². The lowest BCUT2D eigenvalue weighted by molar-refractivity contribution is 0.371. The highest BCUT2D eigenvalue weighted by Gasteiger charge is 2.31. The molecule has 0 saturated carbocycles. The quantitative estimate of drug-likeness (QED) is 0.151. The van der Waals surface area contributed by atoms with Gasteiger partial charge in [-0.05, 0) is 22.3 Å². The van der Waals surface area contributed by atoms with Gasteiger partial charge in [-0.15, -0.1) is 0 Å². The second-order valence-corrected chi connectivity index (χ2v) is 9.69. The zero-order valence-electron chi connectivity index (χ0n) is 20.0. The van der Waals surface area contributed by atoms with Crippen LogP contribution in [0.25, 0.3) is 44.5 Å². The third-order valence-corrected chi connectivity index (χ3v) is 6.70. The predicted molar refractivity (Wildman–Crippen MR) is 152 cm³/mol. The van der Waals surface area contributed by atoms with E-state index >= 15 is 0 Å². The Balaban J connectivity index is 2.06. The number of rotatable bonds is 8. The van der Waals surface area contributed by atoms with Gasteiger partial charge in [0.05, 0.1) is 5.56 Å². The third kappa shape index (κ3) is 5.47. The zero-order chi connectivity index (χ0) is 26.5. The summed E-state index contributed by atoms with van der Waals surface area (Å²) < 4.78 is 11.6. The van der Waals surface area contributed by atoms with E-state index in [0.29, 0.717) is 27.8 Å². The topological polar surface area (TPSA) is 99.4 Å². The van der Waals surface area contributed by atoms with E-state index in [1.807, 2.05) is 121 Å². The Kier molecular flexibility index (Phi) is 8.11. The molecule has 0 unspecified atom stereocenters. The van der Waals surface area contributed by atoms with Gasteiger partial charge in [0, 0.05) is 16.7 Å². The van der Waals surface area contributed by atoms with Gasteiger partial charge in [0.2, 0.25) is 0 Å². The minimum absolute atomic E-state index is 0.156. The molecule has 0 aliphatic carbocycles. The average molecular weight is 542 g/mol. The summed E-state index contributed by atoms with van der Waals surface area (Å²) in [5, 5.41) is 0. The van der Waals surface area contributed by atoms with Crippen LogP contribution in [0.2, 0.25) is 0 Å². The molecule has 0 spiro atoms. The normalized spacial score (nSPS) is 11.1. The molecule has 0 aromatic heterocycles. The first-order valence-corrected chi connectivity index (χ1v) is 14.0. The molecule has 5 rings (SSSR count). The van der Waals surface area contributed by atoms with E-state index in [1.165, 1.54) is 0 Å². The van der Waals surface area contributed by atoms with Crippen molar-refractivity contribution >= 4 is 17.2 Å². The molecule has 0 bridgehead atoms. The molecule has 38 heavy (non-hydrogen) atoms. The number of benzene rings is 5. The van der Waals surface area contributed by atoms with E-state index < -0.39 is 17.2 Å². The van der Waals surface area contributed by atoms with Crippen LogP contribution in [-0.4, -0.2) is 19.6 Å². The van der Waals surface area contributed by atoms with Crippen LogP contribution in [0.15, 0.2) is 121 Å². The van der Waals surface area contributed by atoms with E-state index in [0.717, 1.165) is 16.7 Å². The molecular weight excluding hydrogens is 518 g/mol. The van der Waals surface area contributed by atoms with E-state index in [9.17, 15) is 19.6 Å². The monoisotopic (exact) mass is 542 g/mol. The van der Waals surface area contributed by atoms with E-state index in [-0.39, 0.29) is 11.5 Å². The molecule has 0 aliphatic rings. The molecule has 0 radical (unpaired) electrons. The first-order valence-electron chi connectivity index (χ1n) is 11.7. The summed E-state index contributed by atoms with van der Waals surface area (Å²) in [6.07, 6.45) is 0. The Morgan fingerprint density at radius 3 is 0.895 bits per heavy atom. The van der Waals surface area contributed by atoms with Gasteiger partial charge >= 0.3 is 17.2 Å². The van der Waals surface area contributed by atoms with E-state index in [4.69, 9.17) is 9.05 Å². The summed E-state index contributed by atoms with van der Waals surface area (Å²) in [5.74, 6) is 0.313. The van der Waals surface area contributed by atoms with Crippen LogP contribution in [0.1, 0.15) is 0 Å². The van der Waals surface area contributed by atoms with Crippen molar-refractivity contribution in [3.63, 3.8) is 0 Å². The van der Waals surface area contributed by atoms with Crippen molar-refractivity contribution in [2.24, 2.45) is 0 Å². The van der Waals surface area contributed by atoms with Crippen LogP contribution in [0, 0.1) is 0 Å². The Bertz CT molecular complexity index is 1420. The minimum Gasteiger partial charge on any atom is -0.426 e. The van der Waals surface area contributed by atoms with Gasteiger partial charge < -0.3 is 28.6 Å². The zero-order valence-corrected chi connectivity index (χ0v) is 21.8. The molecule has 4 N–H and O–H groups in total. The highest BCUT2D eigenvalue weighted by molar-refractivity contribution is 7.40. The Morgan fingerprint density at radius 2 is 0.605 bits per heavy atom. The van der Waals surface area contributed by atoms with Crippen molar-refractivity contribution in [2.45, 2.75) is 0 Å². The standard InChI is InChI=1S/C30H24O6P2/c31-37(32)35-29-26(22-15-7-2-8-16-22)25(21-13-5-1-6-14-21)27(23-17-9-3-10-18-23)30(36-38(33)34)28(29)24-19-11-4-12-20-24/h1-20,31-34H. The molecule has 0 amide bonds. The fourth-order valence-electron chi connectivity index (χ4n) is 4.57. The lowest BCUT2D eigenvalue weighted by atomic mass is 9.83. The van der Waals surface area contributed by atoms with Gasteiger partial charge in [-0.2, -0.15) is 0 Å². The molecule has 0 heterocycles. The first-order chi connectivity index (χ1) is 18.5. The van der Waals surface area contributed by atoms with Crippen LogP contribution < -0.4 is 9.05 Å². The van der Waals surface area contributed by atoms with Crippen LogP contribution in [-0.2, 0) is 0 Å². The SMILES string of the molecule is OP(O)Oc1c(-c2ccccc2)c(OP(O)O)c(-c2ccccc2)c(-c2ccccc2)c1-c1ccccc1. The summed E-state index contributed by atoms with van der Waals surface area (Å²) in [5.41, 5.74) is 5.26. The average Bonchev–Trinajstić information content (AvgIpc) is 2.94. The second-order valence-electron chi connectivity index (χ2n) is 8.31. The number of hydrogen-bond acceptors (Lipinski definition) is 6. The molecule has 0 atom stereocenters.